The molecule has 1 heterocycles. The molecule has 6 nitrogen and oxygen atoms in total. The summed E-state index contributed by atoms with van der Waals surface area (Å²) >= 11 is 0. The van der Waals surface area contributed by atoms with Crippen LogP contribution in [0.25, 0.3) is 6.08 Å². The highest BCUT2D eigenvalue weighted by Crippen LogP contribution is 2.28. The topological polar surface area (TPSA) is 54.0 Å². The van der Waals surface area contributed by atoms with Crippen LogP contribution < -0.4 is 19.7 Å². The third kappa shape index (κ3) is 7.62. The van der Waals surface area contributed by atoms with Gasteiger partial charge in [0.15, 0.2) is 0 Å². The number of hydrogen-bond donors (Lipinski definition) is 1. The molecule has 4 rings (SSSR count). The Balaban J connectivity index is 1.12. The minimum atomic E-state index is -0.0743. The van der Waals surface area contributed by atoms with Crippen LogP contribution in [0.15, 0.2) is 84.9 Å². The number of rotatable bonds is 11. The Morgan fingerprint density at radius 2 is 1.64 bits per heavy atom. The van der Waals surface area contributed by atoms with Crippen LogP contribution in [0, 0.1) is 0 Å². The number of anilines is 1. The second-order valence-corrected chi connectivity index (χ2v) is 8.82. The summed E-state index contributed by atoms with van der Waals surface area (Å²) in [6.45, 7) is 5.82. The molecule has 0 spiro atoms. The predicted octanol–water partition coefficient (Wildman–Crippen LogP) is 5.22. The number of benzene rings is 3. The molecule has 0 aliphatic carbocycles. The summed E-state index contributed by atoms with van der Waals surface area (Å²) in [4.78, 5) is 17.1. The van der Waals surface area contributed by atoms with Crippen molar-refractivity contribution in [1.82, 2.24) is 10.2 Å². The van der Waals surface area contributed by atoms with Crippen LogP contribution in [0.1, 0.15) is 18.4 Å². The molecule has 0 saturated carbocycles. The maximum Gasteiger partial charge on any atom is 0.243 e. The van der Waals surface area contributed by atoms with Gasteiger partial charge < -0.3 is 19.7 Å². The van der Waals surface area contributed by atoms with Crippen LogP contribution in [0.2, 0.25) is 0 Å². The van der Waals surface area contributed by atoms with E-state index in [9.17, 15) is 4.79 Å². The molecule has 188 valence electrons. The van der Waals surface area contributed by atoms with E-state index in [1.807, 2.05) is 72.8 Å². The highest BCUT2D eigenvalue weighted by Gasteiger charge is 2.19. The first-order chi connectivity index (χ1) is 17.7. The van der Waals surface area contributed by atoms with E-state index < -0.39 is 0 Å². The number of nitrogens with one attached hydrogen (secondary N) is 1. The molecule has 3 aromatic rings. The zero-order valence-electron chi connectivity index (χ0n) is 20.9. The number of amides is 1. The first kappa shape index (κ1) is 25.3. The summed E-state index contributed by atoms with van der Waals surface area (Å²) in [6, 6.07) is 25.6. The molecule has 0 unspecified atom stereocenters. The molecule has 36 heavy (non-hydrogen) atoms. The van der Waals surface area contributed by atoms with Crippen molar-refractivity contribution in [1.29, 1.82) is 0 Å². The van der Waals surface area contributed by atoms with Crippen LogP contribution in [0.5, 0.6) is 17.2 Å². The van der Waals surface area contributed by atoms with Crippen LogP contribution in [-0.2, 0) is 4.79 Å². The smallest absolute Gasteiger partial charge is 0.243 e. The van der Waals surface area contributed by atoms with Crippen molar-refractivity contribution in [2.45, 2.75) is 12.8 Å². The quantitative estimate of drug-likeness (QED) is 0.298. The van der Waals surface area contributed by atoms with Gasteiger partial charge in [0.05, 0.1) is 12.8 Å². The zero-order valence-corrected chi connectivity index (χ0v) is 20.9. The predicted molar refractivity (Wildman–Crippen MR) is 146 cm³/mol. The van der Waals surface area contributed by atoms with Crippen molar-refractivity contribution in [2.75, 3.05) is 51.3 Å². The van der Waals surface area contributed by atoms with Crippen molar-refractivity contribution in [3.63, 3.8) is 0 Å². The third-order valence-electron chi connectivity index (χ3n) is 6.26. The van der Waals surface area contributed by atoms with Crippen LogP contribution >= 0.6 is 0 Å². The number of carbonyl (C=O) groups excluding carboxylic acids is 1. The van der Waals surface area contributed by atoms with Crippen LogP contribution in [0.4, 0.5) is 5.69 Å². The lowest BCUT2D eigenvalue weighted by atomic mass is 10.2. The van der Waals surface area contributed by atoms with E-state index in [1.54, 1.807) is 13.2 Å². The molecule has 0 radical (unpaired) electrons. The second-order valence-electron chi connectivity index (χ2n) is 8.82. The molecule has 6 heteroatoms. The number of unbranched alkanes of at least 4 members (excludes halogenated alkanes) is 1. The third-order valence-corrected chi connectivity index (χ3v) is 6.26. The molecular formula is C30H35N3O3. The molecule has 3 aromatic carbocycles. The average molecular weight is 486 g/mol. The highest BCUT2D eigenvalue weighted by molar-refractivity contribution is 5.91. The van der Waals surface area contributed by atoms with Gasteiger partial charge in [-0.2, -0.15) is 0 Å². The molecule has 0 bridgehead atoms. The van der Waals surface area contributed by atoms with Gasteiger partial charge in [-0.15, -0.1) is 0 Å². The van der Waals surface area contributed by atoms with Crippen molar-refractivity contribution in [2.24, 2.45) is 0 Å². The van der Waals surface area contributed by atoms with Gasteiger partial charge in [-0.05, 0) is 67.4 Å². The van der Waals surface area contributed by atoms with E-state index >= 15 is 0 Å². The van der Waals surface area contributed by atoms with Gasteiger partial charge in [-0.25, -0.2) is 0 Å². The summed E-state index contributed by atoms with van der Waals surface area (Å²) in [5.41, 5.74) is 2.09. The van der Waals surface area contributed by atoms with E-state index in [2.05, 4.69) is 27.2 Å². The van der Waals surface area contributed by atoms with E-state index in [0.29, 0.717) is 6.54 Å². The summed E-state index contributed by atoms with van der Waals surface area (Å²) in [5, 5.41) is 2.99. The molecule has 0 atom stereocenters. The molecule has 0 aromatic heterocycles. The van der Waals surface area contributed by atoms with Crippen molar-refractivity contribution >= 4 is 17.7 Å². The molecule has 1 fully saturated rings. The molecule has 1 aliphatic rings. The van der Waals surface area contributed by atoms with E-state index in [0.717, 1.165) is 68.4 Å². The second kappa shape index (κ2) is 13.4. The van der Waals surface area contributed by atoms with E-state index in [1.165, 1.54) is 5.69 Å². The Hall–Kier alpha value is -3.77. The number of nitrogens with zero attached hydrogens (tertiary/aromatic N) is 2. The van der Waals surface area contributed by atoms with E-state index in [4.69, 9.17) is 9.47 Å². The summed E-state index contributed by atoms with van der Waals surface area (Å²) in [5.74, 6) is 2.39. The van der Waals surface area contributed by atoms with Crippen LogP contribution in [-0.4, -0.2) is 57.2 Å². The number of methoxy groups -OCH3 is 1. The normalized spacial score (nSPS) is 14.1. The largest absolute Gasteiger partial charge is 0.495 e. The van der Waals surface area contributed by atoms with Gasteiger partial charge in [-0.3, -0.25) is 9.69 Å². The fourth-order valence-electron chi connectivity index (χ4n) is 4.31. The fourth-order valence-corrected chi connectivity index (χ4v) is 4.31. The first-order valence-electron chi connectivity index (χ1n) is 12.6. The number of para-hydroxylation sites is 3. The van der Waals surface area contributed by atoms with Gasteiger partial charge in [-0.1, -0.05) is 42.5 Å². The van der Waals surface area contributed by atoms with Crippen LogP contribution in [0.3, 0.4) is 0 Å². The Bertz CT molecular complexity index is 1130. The maximum atomic E-state index is 12.2. The standard InChI is InChI=1S/C30H35N3O3/c1-35-29-15-6-5-14-28(29)33-22-20-32(21-23-33)19-8-7-18-31-30(34)17-16-25-10-9-13-27(24-25)36-26-11-3-2-4-12-26/h2-6,9-17,24H,7-8,18-23H2,1H3,(H,31,34)/b17-16+. The van der Waals surface area contributed by atoms with Crippen molar-refractivity contribution in [3.05, 3.63) is 90.5 Å². The lowest BCUT2D eigenvalue weighted by Gasteiger charge is -2.36. The lowest BCUT2D eigenvalue weighted by molar-refractivity contribution is -0.116. The van der Waals surface area contributed by atoms with Gasteiger partial charge in [0.25, 0.3) is 0 Å². The SMILES string of the molecule is COc1ccccc1N1CCN(CCCCNC(=O)/C=C/c2cccc(Oc3ccccc3)c2)CC1. The van der Waals surface area contributed by atoms with Crippen molar-refractivity contribution < 1.29 is 14.3 Å². The Labute approximate surface area is 214 Å². The molecule has 1 N–H and O–H groups in total. The van der Waals surface area contributed by atoms with E-state index in [-0.39, 0.29) is 5.91 Å². The van der Waals surface area contributed by atoms with Gasteiger partial charge >= 0.3 is 0 Å². The first-order valence-corrected chi connectivity index (χ1v) is 12.6. The summed E-state index contributed by atoms with van der Waals surface area (Å²) < 4.78 is 11.4. The molecule has 1 saturated heterocycles. The zero-order chi connectivity index (χ0) is 25.0. The Morgan fingerprint density at radius 1 is 0.889 bits per heavy atom. The Morgan fingerprint density at radius 3 is 2.44 bits per heavy atom. The number of carbonyl (C=O) groups is 1. The molecule has 1 aliphatic heterocycles. The number of ether oxygens (including phenoxy) is 2. The minimum Gasteiger partial charge on any atom is -0.495 e. The minimum absolute atomic E-state index is 0.0743. The van der Waals surface area contributed by atoms with Gasteiger partial charge in [0, 0.05) is 38.8 Å². The number of hydrogen-bond acceptors (Lipinski definition) is 5. The average Bonchev–Trinajstić information content (AvgIpc) is 2.93. The lowest BCUT2D eigenvalue weighted by Crippen LogP contribution is -2.46. The molecule has 1 amide bonds. The Kier molecular flexibility index (Phi) is 9.39. The highest BCUT2D eigenvalue weighted by atomic mass is 16.5. The van der Waals surface area contributed by atoms with Gasteiger partial charge in [0.1, 0.15) is 17.2 Å². The van der Waals surface area contributed by atoms with Crippen molar-refractivity contribution in [3.8, 4) is 17.2 Å². The summed E-state index contributed by atoms with van der Waals surface area (Å²) in [6.07, 6.45) is 5.43. The monoisotopic (exact) mass is 485 g/mol. The molecular weight excluding hydrogens is 450 g/mol. The maximum absolute atomic E-state index is 12.2. The number of piperazine rings is 1. The van der Waals surface area contributed by atoms with Gasteiger partial charge in [0.2, 0.25) is 5.91 Å². The summed E-state index contributed by atoms with van der Waals surface area (Å²) in [7, 11) is 1.73. The fraction of sp³-hybridized carbons (Fsp3) is 0.300.